The van der Waals surface area contributed by atoms with Crippen molar-refractivity contribution < 1.29 is 4.79 Å². The molecule has 0 atom stereocenters. The van der Waals surface area contributed by atoms with Gasteiger partial charge in [0.25, 0.3) is 5.56 Å². The van der Waals surface area contributed by atoms with Crippen molar-refractivity contribution in [1.29, 1.82) is 0 Å². The van der Waals surface area contributed by atoms with E-state index in [4.69, 9.17) is 0 Å². The maximum Gasteiger partial charge on any atom is 0.266 e. The molecule has 1 aliphatic heterocycles. The Kier molecular flexibility index (Phi) is 4.22. The lowest BCUT2D eigenvalue weighted by atomic mass is 9.96. The predicted molar refractivity (Wildman–Crippen MR) is 97.0 cm³/mol. The van der Waals surface area contributed by atoms with Crippen molar-refractivity contribution >= 4 is 5.91 Å². The molecule has 1 amide bonds. The highest BCUT2D eigenvalue weighted by molar-refractivity contribution is 5.80. The molecule has 0 N–H and O–H groups in total. The summed E-state index contributed by atoms with van der Waals surface area (Å²) in [5.41, 5.74) is 1.77. The van der Waals surface area contributed by atoms with Crippen LogP contribution in [0.5, 0.6) is 0 Å². The number of nitrogens with zero attached hydrogens (tertiary/aromatic N) is 5. The lowest BCUT2D eigenvalue weighted by Gasteiger charge is -2.40. The van der Waals surface area contributed by atoms with Crippen LogP contribution in [0.1, 0.15) is 24.2 Å². The molecule has 1 fully saturated rings. The third-order valence-corrected chi connectivity index (χ3v) is 5.14. The van der Waals surface area contributed by atoms with Gasteiger partial charge < -0.3 is 4.90 Å². The minimum absolute atomic E-state index is 0.117. The van der Waals surface area contributed by atoms with Crippen molar-refractivity contribution in [3.05, 3.63) is 52.1 Å². The van der Waals surface area contributed by atoms with Crippen LogP contribution in [0.2, 0.25) is 0 Å². The Morgan fingerprint density at radius 2 is 1.88 bits per heavy atom. The minimum Gasteiger partial charge on any atom is -0.342 e. The van der Waals surface area contributed by atoms with Gasteiger partial charge in [0.15, 0.2) is 5.82 Å². The van der Waals surface area contributed by atoms with Gasteiger partial charge in [0.05, 0.1) is 12.2 Å². The maximum absolute atomic E-state index is 12.4. The molecule has 0 saturated carbocycles. The van der Waals surface area contributed by atoms with Crippen molar-refractivity contribution in [3.63, 3.8) is 0 Å². The third kappa shape index (κ3) is 3.09. The molecule has 1 aliphatic carbocycles. The molecule has 4 rings (SSSR count). The summed E-state index contributed by atoms with van der Waals surface area (Å²) < 4.78 is 3.24. The van der Waals surface area contributed by atoms with Gasteiger partial charge in [-0.3, -0.25) is 9.59 Å². The SMILES string of the molecule is Cc1cc(C)n(-c2ccc(=O)n(CC3CN(C(=O)C4CC=CC4)C3)n2)n1. The highest BCUT2D eigenvalue weighted by Gasteiger charge is 2.34. The fraction of sp³-hybridized carbons (Fsp3) is 0.474. The molecule has 7 heteroatoms. The number of amides is 1. The van der Waals surface area contributed by atoms with Gasteiger partial charge in [0, 0.05) is 36.7 Å². The second-order valence-electron chi connectivity index (χ2n) is 7.30. The fourth-order valence-corrected chi connectivity index (χ4v) is 3.73. The van der Waals surface area contributed by atoms with E-state index in [1.54, 1.807) is 10.7 Å². The summed E-state index contributed by atoms with van der Waals surface area (Å²) >= 11 is 0. The number of aryl methyl sites for hydroxylation is 2. The van der Waals surface area contributed by atoms with Crippen LogP contribution in [0, 0.1) is 25.7 Å². The molecule has 0 bridgehead atoms. The number of carbonyl (C=O) groups excluding carboxylic acids is 1. The predicted octanol–water partition coefficient (Wildman–Crippen LogP) is 1.47. The summed E-state index contributed by atoms with van der Waals surface area (Å²) in [4.78, 5) is 26.4. The average molecular weight is 353 g/mol. The van der Waals surface area contributed by atoms with E-state index >= 15 is 0 Å². The van der Waals surface area contributed by atoms with E-state index in [0.717, 1.165) is 24.2 Å². The van der Waals surface area contributed by atoms with Gasteiger partial charge in [-0.25, -0.2) is 9.36 Å². The molecule has 0 aromatic carbocycles. The largest absolute Gasteiger partial charge is 0.342 e. The molecule has 0 unspecified atom stereocenters. The quantitative estimate of drug-likeness (QED) is 0.780. The van der Waals surface area contributed by atoms with Crippen molar-refractivity contribution in [1.82, 2.24) is 24.5 Å². The van der Waals surface area contributed by atoms with Crippen LogP contribution >= 0.6 is 0 Å². The number of allylic oxidation sites excluding steroid dienone is 2. The standard InChI is InChI=1S/C19H23N5O2/c1-13-9-14(2)24(20-13)17-7-8-18(25)23(21-17)12-15-10-22(11-15)19(26)16-5-3-4-6-16/h3-4,7-9,15-16H,5-6,10-12H2,1-2H3. The van der Waals surface area contributed by atoms with Crippen molar-refractivity contribution in [3.8, 4) is 5.82 Å². The molecule has 0 radical (unpaired) electrons. The zero-order chi connectivity index (χ0) is 18.3. The number of rotatable bonds is 4. The topological polar surface area (TPSA) is 73.0 Å². The highest BCUT2D eigenvalue weighted by Crippen LogP contribution is 2.25. The van der Waals surface area contributed by atoms with Gasteiger partial charge in [0.1, 0.15) is 0 Å². The Morgan fingerprint density at radius 3 is 2.54 bits per heavy atom. The second kappa shape index (κ2) is 6.55. The van der Waals surface area contributed by atoms with E-state index in [1.165, 1.54) is 10.7 Å². The Bertz CT molecular complexity index is 912. The Hall–Kier alpha value is -2.70. The molecule has 1 saturated heterocycles. The van der Waals surface area contributed by atoms with E-state index in [0.29, 0.717) is 25.5 Å². The maximum atomic E-state index is 12.4. The highest BCUT2D eigenvalue weighted by atomic mass is 16.2. The molecule has 2 aliphatic rings. The Morgan fingerprint density at radius 1 is 1.15 bits per heavy atom. The Balaban J connectivity index is 1.43. The molecule has 136 valence electrons. The normalized spacial score (nSPS) is 17.7. The van der Waals surface area contributed by atoms with E-state index in [-0.39, 0.29) is 23.3 Å². The van der Waals surface area contributed by atoms with E-state index in [9.17, 15) is 9.59 Å². The fourth-order valence-electron chi connectivity index (χ4n) is 3.73. The molecule has 0 spiro atoms. The van der Waals surface area contributed by atoms with E-state index in [1.807, 2.05) is 24.8 Å². The van der Waals surface area contributed by atoms with E-state index < -0.39 is 0 Å². The van der Waals surface area contributed by atoms with Gasteiger partial charge >= 0.3 is 0 Å². The minimum atomic E-state index is -0.125. The molecule has 26 heavy (non-hydrogen) atoms. The van der Waals surface area contributed by atoms with Crippen LogP contribution in [0.25, 0.3) is 5.82 Å². The van der Waals surface area contributed by atoms with Crippen molar-refractivity contribution in [2.45, 2.75) is 33.2 Å². The lowest BCUT2D eigenvalue weighted by Crippen LogP contribution is -2.53. The van der Waals surface area contributed by atoms with Crippen LogP contribution in [0.15, 0.2) is 35.1 Å². The summed E-state index contributed by atoms with van der Waals surface area (Å²) in [5, 5.41) is 8.90. The molecule has 3 heterocycles. The summed E-state index contributed by atoms with van der Waals surface area (Å²) in [6.45, 7) is 5.82. The van der Waals surface area contributed by atoms with Crippen molar-refractivity contribution in [2.75, 3.05) is 13.1 Å². The van der Waals surface area contributed by atoms with E-state index in [2.05, 4.69) is 22.3 Å². The Labute approximate surface area is 151 Å². The van der Waals surface area contributed by atoms with Crippen LogP contribution in [-0.2, 0) is 11.3 Å². The zero-order valence-electron chi connectivity index (χ0n) is 15.1. The van der Waals surface area contributed by atoms with Gasteiger partial charge in [-0.2, -0.15) is 5.10 Å². The summed E-state index contributed by atoms with van der Waals surface area (Å²) in [6.07, 6.45) is 5.86. The van der Waals surface area contributed by atoms with Crippen LogP contribution < -0.4 is 5.56 Å². The van der Waals surface area contributed by atoms with Crippen molar-refractivity contribution in [2.24, 2.45) is 11.8 Å². The first-order valence-corrected chi connectivity index (χ1v) is 9.07. The number of hydrogen-bond donors (Lipinski definition) is 0. The second-order valence-corrected chi connectivity index (χ2v) is 7.30. The van der Waals surface area contributed by atoms with Crippen LogP contribution in [-0.4, -0.2) is 43.5 Å². The van der Waals surface area contributed by atoms with Gasteiger partial charge in [-0.1, -0.05) is 12.2 Å². The lowest BCUT2D eigenvalue weighted by molar-refractivity contribution is -0.142. The molecular formula is C19H23N5O2. The summed E-state index contributed by atoms with van der Waals surface area (Å²) in [7, 11) is 0. The van der Waals surface area contributed by atoms with Gasteiger partial charge in [-0.05, 0) is 38.8 Å². The third-order valence-electron chi connectivity index (χ3n) is 5.14. The number of hydrogen-bond acceptors (Lipinski definition) is 4. The molecule has 2 aromatic rings. The zero-order valence-corrected chi connectivity index (χ0v) is 15.1. The van der Waals surface area contributed by atoms with Crippen LogP contribution in [0.4, 0.5) is 0 Å². The van der Waals surface area contributed by atoms with Crippen LogP contribution in [0.3, 0.4) is 0 Å². The van der Waals surface area contributed by atoms with Gasteiger partial charge in [0.2, 0.25) is 5.91 Å². The summed E-state index contributed by atoms with van der Waals surface area (Å²) in [5.74, 6) is 1.27. The smallest absolute Gasteiger partial charge is 0.266 e. The monoisotopic (exact) mass is 353 g/mol. The summed E-state index contributed by atoms with van der Waals surface area (Å²) in [6, 6.07) is 5.21. The number of likely N-dealkylation sites (tertiary alicyclic amines) is 1. The molecule has 2 aromatic heterocycles. The first-order valence-electron chi connectivity index (χ1n) is 9.07. The average Bonchev–Trinajstić information content (AvgIpc) is 3.21. The van der Waals surface area contributed by atoms with Gasteiger partial charge in [-0.15, -0.1) is 5.10 Å². The molecule has 7 nitrogen and oxygen atoms in total. The molecular weight excluding hydrogens is 330 g/mol. The number of carbonyl (C=O) groups is 1. The first-order chi connectivity index (χ1) is 12.5. The number of aromatic nitrogens is 4. The first kappa shape index (κ1) is 16.8.